The smallest absolute Gasteiger partial charge is 0.433 e. The summed E-state index contributed by atoms with van der Waals surface area (Å²) in [6, 6.07) is 3.87. The van der Waals surface area contributed by atoms with Crippen LogP contribution in [0.15, 0.2) is 24.3 Å². The predicted octanol–water partition coefficient (Wildman–Crippen LogP) is 3.66. The molecule has 20 heavy (non-hydrogen) atoms. The Bertz CT molecular complexity index is 648. The molecule has 9 heteroatoms. The average Bonchev–Trinajstić information content (AvgIpc) is 2.32. The van der Waals surface area contributed by atoms with Crippen LogP contribution >= 0.6 is 11.6 Å². The van der Waals surface area contributed by atoms with E-state index in [1.165, 1.54) is 6.07 Å². The van der Waals surface area contributed by atoms with Gasteiger partial charge in [-0.2, -0.15) is 18.2 Å². The molecule has 1 aromatic heterocycles. The monoisotopic (exact) mass is 307 g/mol. The summed E-state index contributed by atoms with van der Waals surface area (Å²) in [4.78, 5) is 6.56. The lowest BCUT2D eigenvalue weighted by Crippen LogP contribution is -2.11. The molecule has 0 bridgehead atoms. The van der Waals surface area contributed by atoms with Crippen LogP contribution in [0.4, 0.5) is 23.5 Å². The Hall–Kier alpha value is -2.09. The van der Waals surface area contributed by atoms with Crippen LogP contribution in [0.1, 0.15) is 5.69 Å². The third-order valence-corrected chi connectivity index (χ3v) is 2.41. The fourth-order valence-corrected chi connectivity index (χ4v) is 1.47. The van der Waals surface area contributed by atoms with Crippen LogP contribution in [0.3, 0.4) is 0 Å². The number of nitrogen functional groups attached to an aromatic ring is 1. The summed E-state index contributed by atoms with van der Waals surface area (Å²) >= 11 is 5.52. The molecule has 0 aliphatic carbocycles. The minimum atomic E-state index is -4.68. The molecule has 0 spiro atoms. The van der Waals surface area contributed by atoms with Gasteiger partial charge in [-0.25, -0.2) is 9.37 Å². The molecule has 2 rings (SSSR count). The normalized spacial score (nSPS) is 11.4. The molecule has 2 N–H and O–H groups in total. The molecule has 4 nitrogen and oxygen atoms in total. The van der Waals surface area contributed by atoms with Crippen molar-refractivity contribution in [3.63, 3.8) is 0 Å². The number of benzene rings is 1. The summed E-state index contributed by atoms with van der Waals surface area (Å²) in [6.45, 7) is 0. The summed E-state index contributed by atoms with van der Waals surface area (Å²) in [7, 11) is 0. The lowest BCUT2D eigenvalue weighted by molar-refractivity contribution is -0.141. The highest BCUT2D eigenvalue weighted by molar-refractivity contribution is 6.30. The summed E-state index contributed by atoms with van der Waals surface area (Å²) < 4.78 is 55.6. The molecule has 0 unspecified atom stereocenters. The Balaban J connectivity index is 2.33. The van der Waals surface area contributed by atoms with E-state index in [-0.39, 0.29) is 10.8 Å². The Labute approximate surface area is 115 Å². The molecule has 1 aromatic carbocycles. The van der Waals surface area contributed by atoms with Crippen molar-refractivity contribution in [1.82, 2.24) is 9.97 Å². The Morgan fingerprint density at radius 1 is 1.15 bits per heavy atom. The summed E-state index contributed by atoms with van der Waals surface area (Å²) in [5, 5.41) is -0.236. The molecule has 0 radical (unpaired) electrons. The van der Waals surface area contributed by atoms with Gasteiger partial charge in [0.1, 0.15) is 11.6 Å². The van der Waals surface area contributed by atoms with E-state index in [1.54, 1.807) is 0 Å². The zero-order valence-electron chi connectivity index (χ0n) is 9.58. The third-order valence-electron chi connectivity index (χ3n) is 2.12. The van der Waals surface area contributed by atoms with Crippen LogP contribution in [0, 0.1) is 5.82 Å². The number of ether oxygens (including phenoxy) is 1. The highest BCUT2D eigenvalue weighted by Crippen LogP contribution is 2.31. The standard InChI is InChI=1S/C11H6ClF4N3O/c12-6-3-5(1-2-7(6)13)20-9-4-8(11(14,15)16)18-10(17)19-9/h1-4H,(H2,17,18,19). The molecule has 0 amide bonds. The van der Waals surface area contributed by atoms with Crippen LogP contribution in [-0.4, -0.2) is 9.97 Å². The first-order valence-electron chi connectivity index (χ1n) is 5.10. The fourth-order valence-electron chi connectivity index (χ4n) is 1.30. The highest BCUT2D eigenvalue weighted by atomic mass is 35.5. The van der Waals surface area contributed by atoms with Gasteiger partial charge in [0.2, 0.25) is 11.8 Å². The first kappa shape index (κ1) is 14.3. The number of aromatic nitrogens is 2. The molecule has 0 aliphatic heterocycles. The number of rotatable bonds is 2. The quantitative estimate of drug-likeness (QED) is 0.860. The maximum absolute atomic E-state index is 12.9. The van der Waals surface area contributed by atoms with Crippen molar-refractivity contribution in [3.05, 3.63) is 40.8 Å². The SMILES string of the molecule is Nc1nc(Oc2ccc(F)c(Cl)c2)cc(C(F)(F)F)n1. The second kappa shape index (κ2) is 5.12. The Kier molecular flexibility index (Phi) is 3.67. The Morgan fingerprint density at radius 2 is 1.85 bits per heavy atom. The first-order chi connectivity index (χ1) is 9.25. The topological polar surface area (TPSA) is 61.0 Å². The second-order valence-corrected chi connectivity index (χ2v) is 4.03. The number of alkyl halides is 3. The van der Waals surface area contributed by atoms with Crippen LogP contribution in [0.2, 0.25) is 5.02 Å². The van der Waals surface area contributed by atoms with Crippen molar-refractivity contribution in [1.29, 1.82) is 0 Å². The van der Waals surface area contributed by atoms with E-state index in [1.807, 2.05) is 0 Å². The number of halogens is 5. The summed E-state index contributed by atoms with van der Waals surface area (Å²) in [5.41, 5.74) is 3.93. The molecular weight excluding hydrogens is 302 g/mol. The van der Waals surface area contributed by atoms with E-state index < -0.39 is 29.5 Å². The third kappa shape index (κ3) is 3.27. The van der Waals surface area contributed by atoms with Crippen LogP contribution < -0.4 is 10.5 Å². The average molecular weight is 308 g/mol. The number of anilines is 1. The Morgan fingerprint density at radius 3 is 2.45 bits per heavy atom. The molecule has 0 aliphatic rings. The predicted molar refractivity (Wildman–Crippen MR) is 62.9 cm³/mol. The van der Waals surface area contributed by atoms with Gasteiger partial charge in [0.15, 0.2) is 5.69 Å². The van der Waals surface area contributed by atoms with Gasteiger partial charge < -0.3 is 10.5 Å². The molecule has 1 heterocycles. The van der Waals surface area contributed by atoms with Crippen LogP contribution in [0.5, 0.6) is 11.6 Å². The minimum Gasteiger partial charge on any atom is -0.439 e. The zero-order valence-corrected chi connectivity index (χ0v) is 10.3. The van der Waals surface area contributed by atoms with Crippen molar-refractivity contribution in [2.75, 3.05) is 5.73 Å². The molecule has 106 valence electrons. The molecule has 0 fully saturated rings. The van der Waals surface area contributed by atoms with Gasteiger partial charge >= 0.3 is 6.18 Å². The second-order valence-electron chi connectivity index (χ2n) is 3.63. The molecule has 0 atom stereocenters. The number of nitrogens with two attached hydrogens (primary N) is 1. The van der Waals surface area contributed by atoms with Crippen molar-refractivity contribution in [2.45, 2.75) is 6.18 Å². The van der Waals surface area contributed by atoms with Gasteiger partial charge in [-0.15, -0.1) is 0 Å². The van der Waals surface area contributed by atoms with Crippen molar-refractivity contribution < 1.29 is 22.3 Å². The van der Waals surface area contributed by atoms with E-state index in [4.69, 9.17) is 22.1 Å². The minimum absolute atomic E-state index is 0.0163. The zero-order chi connectivity index (χ0) is 14.9. The number of hydrogen-bond donors (Lipinski definition) is 1. The number of hydrogen-bond acceptors (Lipinski definition) is 4. The van der Waals surface area contributed by atoms with E-state index in [0.717, 1.165) is 12.1 Å². The van der Waals surface area contributed by atoms with Crippen molar-refractivity contribution >= 4 is 17.5 Å². The van der Waals surface area contributed by atoms with Crippen LogP contribution in [0.25, 0.3) is 0 Å². The lowest BCUT2D eigenvalue weighted by atomic mass is 10.3. The van der Waals surface area contributed by atoms with Gasteiger partial charge in [0.05, 0.1) is 5.02 Å². The van der Waals surface area contributed by atoms with Crippen molar-refractivity contribution in [2.24, 2.45) is 0 Å². The molecular formula is C11H6ClF4N3O. The van der Waals surface area contributed by atoms with Crippen molar-refractivity contribution in [3.8, 4) is 11.6 Å². The summed E-state index contributed by atoms with van der Waals surface area (Å²) in [6.07, 6.45) is -4.68. The highest BCUT2D eigenvalue weighted by Gasteiger charge is 2.33. The van der Waals surface area contributed by atoms with Gasteiger partial charge in [0, 0.05) is 12.1 Å². The molecule has 0 saturated carbocycles. The van der Waals surface area contributed by atoms with E-state index in [9.17, 15) is 17.6 Å². The van der Waals surface area contributed by atoms with Gasteiger partial charge in [-0.1, -0.05) is 11.6 Å². The first-order valence-corrected chi connectivity index (χ1v) is 5.48. The largest absolute Gasteiger partial charge is 0.439 e. The lowest BCUT2D eigenvalue weighted by Gasteiger charge is -2.09. The van der Waals surface area contributed by atoms with E-state index in [2.05, 4.69) is 9.97 Å². The maximum atomic E-state index is 12.9. The van der Waals surface area contributed by atoms with E-state index >= 15 is 0 Å². The van der Waals surface area contributed by atoms with E-state index in [0.29, 0.717) is 6.07 Å². The summed E-state index contributed by atoms with van der Waals surface area (Å²) in [5.74, 6) is -1.68. The molecule has 2 aromatic rings. The van der Waals surface area contributed by atoms with Crippen LogP contribution in [-0.2, 0) is 6.18 Å². The molecule has 0 saturated heterocycles. The van der Waals surface area contributed by atoms with Gasteiger partial charge in [-0.3, -0.25) is 0 Å². The maximum Gasteiger partial charge on any atom is 0.433 e. The van der Waals surface area contributed by atoms with Gasteiger partial charge in [0.25, 0.3) is 0 Å². The fraction of sp³-hybridized carbons (Fsp3) is 0.0909. The number of nitrogens with zero attached hydrogens (tertiary/aromatic N) is 2. The van der Waals surface area contributed by atoms with Gasteiger partial charge in [-0.05, 0) is 12.1 Å².